The highest BCUT2D eigenvalue weighted by Gasteiger charge is 2.42. The third-order valence-electron chi connectivity index (χ3n) is 6.37. The van der Waals surface area contributed by atoms with Crippen LogP contribution in [0.4, 0.5) is 18.9 Å². The number of ether oxygens (including phenoxy) is 2. The van der Waals surface area contributed by atoms with E-state index in [4.69, 9.17) is 33.3 Å². The van der Waals surface area contributed by atoms with E-state index < -0.39 is 23.8 Å². The van der Waals surface area contributed by atoms with Gasteiger partial charge in [0.1, 0.15) is 18.4 Å². The largest absolute Gasteiger partial charge is 0.490 e. The summed E-state index contributed by atoms with van der Waals surface area (Å²) in [7, 11) is 1.59. The molecule has 6 nitrogen and oxygen atoms in total. The molecule has 1 N–H and O–H groups in total. The Morgan fingerprint density at radius 2 is 1.85 bits per heavy atom. The second kappa shape index (κ2) is 11.3. The Hall–Kier alpha value is -3.60. The number of anilines is 1. The molecule has 0 amide bonds. The molecule has 0 bridgehead atoms. The maximum Gasteiger partial charge on any atom is 0.416 e. The van der Waals surface area contributed by atoms with Gasteiger partial charge in [0, 0.05) is 36.6 Å². The summed E-state index contributed by atoms with van der Waals surface area (Å²) in [6, 6.07) is 19.0. The normalized spacial score (nSPS) is 17.4. The summed E-state index contributed by atoms with van der Waals surface area (Å²) in [6.45, 7) is 0.757. The molecule has 202 valence electrons. The summed E-state index contributed by atoms with van der Waals surface area (Å²) in [5, 5.41) is 4.17. The van der Waals surface area contributed by atoms with E-state index in [-0.39, 0.29) is 0 Å². The van der Waals surface area contributed by atoms with Crippen LogP contribution in [0, 0.1) is 0 Å². The van der Waals surface area contributed by atoms with Gasteiger partial charge in [-0.2, -0.15) is 13.2 Å². The lowest BCUT2D eigenvalue weighted by molar-refractivity contribution is -0.137. The van der Waals surface area contributed by atoms with Crippen LogP contribution in [0.2, 0.25) is 5.02 Å². The molecular formula is C28H24ClF3N4O2S. The molecule has 1 aliphatic heterocycles. The van der Waals surface area contributed by atoms with Gasteiger partial charge in [-0.3, -0.25) is 4.98 Å². The van der Waals surface area contributed by atoms with E-state index >= 15 is 0 Å². The molecule has 1 fully saturated rings. The lowest BCUT2D eigenvalue weighted by Crippen LogP contribution is -2.30. The molecule has 1 aliphatic rings. The molecule has 4 aromatic rings. The van der Waals surface area contributed by atoms with Crippen LogP contribution in [-0.2, 0) is 10.9 Å². The molecule has 39 heavy (non-hydrogen) atoms. The van der Waals surface area contributed by atoms with Crippen LogP contribution < -0.4 is 15.0 Å². The minimum absolute atomic E-state index is 0.341. The first kappa shape index (κ1) is 27.0. The number of thiocarbonyl (C=S) groups is 1. The van der Waals surface area contributed by atoms with Gasteiger partial charge in [-0.1, -0.05) is 23.7 Å². The smallest absolute Gasteiger partial charge is 0.416 e. The molecule has 0 saturated carbocycles. The van der Waals surface area contributed by atoms with Crippen molar-refractivity contribution in [2.24, 2.45) is 0 Å². The van der Waals surface area contributed by atoms with Crippen molar-refractivity contribution in [3.63, 3.8) is 0 Å². The number of benzene rings is 2. The minimum atomic E-state index is -4.47. The average molecular weight is 573 g/mol. The number of pyridine rings is 1. The first-order valence-electron chi connectivity index (χ1n) is 12.0. The highest BCUT2D eigenvalue weighted by molar-refractivity contribution is 7.80. The van der Waals surface area contributed by atoms with Crippen LogP contribution in [0.15, 0.2) is 85.2 Å². The van der Waals surface area contributed by atoms with Gasteiger partial charge in [0.15, 0.2) is 5.11 Å². The number of nitrogens with one attached hydrogen (secondary N) is 1. The molecule has 3 heterocycles. The van der Waals surface area contributed by atoms with Crippen molar-refractivity contribution >= 4 is 34.6 Å². The van der Waals surface area contributed by atoms with Crippen LogP contribution >= 0.6 is 23.8 Å². The number of hydrogen-bond donors (Lipinski definition) is 1. The number of nitrogens with zero attached hydrogens (tertiary/aromatic N) is 3. The van der Waals surface area contributed by atoms with E-state index in [0.29, 0.717) is 46.2 Å². The van der Waals surface area contributed by atoms with Gasteiger partial charge in [0.25, 0.3) is 0 Å². The van der Waals surface area contributed by atoms with E-state index in [1.807, 2.05) is 35.2 Å². The Morgan fingerprint density at radius 3 is 2.56 bits per heavy atom. The van der Waals surface area contributed by atoms with Gasteiger partial charge in [0.05, 0.1) is 28.9 Å². The fourth-order valence-corrected chi connectivity index (χ4v) is 5.20. The average Bonchev–Trinajstić information content (AvgIpc) is 3.54. The van der Waals surface area contributed by atoms with Crippen LogP contribution in [0.1, 0.15) is 29.0 Å². The summed E-state index contributed by atoms with van der Waals surface area (Å²) in [6.07, 6.45) is -1.04. The number of methoxy groups -OCH3 is 1. The highest BCUT2D eigenvalue weighted by atomic mass is 35.5. The van der Waals surface area contributed by atoms with Crippen LogP contribution in [0.3, 0.4) is 0 Å². The van der Waals surface area contributed by atoms with Crippen molar-refractivity contribution in [1.82, 2.24) is 14.9 Å². The molecule has 2 atom stereocenters. The molecule has 0 spiro atoms. The second-order valence-corrected chi connectivity index (χ2v) is 9.60. The fourth-order valence-electron chi connectivity index (χ4n) is 4.63. The first-order chi connectivity index (χ1) is 18.8. The van der Waals surface area contributed by atoms with Gasteiger partial charge in [-0.15, -0.1) is 0 Å². The monoisotopic (exact) mass is 572 g/mol. The molecule has 1 saturated heterocycles. The quantitative estimate of drug-likeness (QED) is 0.186. The Labute approximate surface area is 233 Å². The lowest BCUT2D eigenvalue weighted by atomic mass is 10.0. The fraction of sp³-hybridized carbons (Fsp3) is 0.214. The number of alkyl halides is 3. The van der Waals surface area contributed by atoms with Crippen molar-refractivity contribution in [2.45, 2.75) is 18.3 Å². The Bertz CT molecular complexity index is 1460. The number of hydrogen-bond acceptors (Lipinski definition) is 4. The predicted molar refractivity (Wildman–Crippen MR) is 148 cm³/mol. The van der Waals surface area contributed by atoms with E-state index in [0.717, 1.165) is 17.8 Å². The minimum Gasteiger partial charge on any atom is -0.490 e. The van der Waals surface area contributed by atoms with Crippen molar-refractivity contribution < 1.29 is 22.6 Å². The zero-order valence-electron chi connectivity index (χ0n) is 20.7. The third kappa shape index (κ3) is 5.59. The molecular weight excluding hydrogens is 549 g/mol. The van der Waals surface area contributed by atoms with Crippen molar-refractivity contribution in [2.75, 3.05) is 25.2 Å². The molecule has 0 radical (unpaired) electrons. The second-order valence-electron chi connectivity index (χ2n) is 8.80. The third-order valence-corrected chi connectivity index (χ3v) is 6.98. The van der Waals surface area contributed by atoms with E-state index in [1.54, 1.807) is 48.3 Å². The maximum atomic E-state index is 13.5. The van der Waals surface area contributed by atoms with Gasteiger partial charge in [0.2, 0.25) is 0 Å². The van der Waals surface area contributed by atoms with Gasteiger partial charge < -0.3 is 24.3 Å². The molecule has 0 unspecified atom stereocenters. The Morgan fingerprint density at radius 1 is 1.00 bits per heavy atom. The molecule has 11 heteroatoms. The topological polar surface area (TPSA) is 51.6 Å². The van der Waals surface area contributed by atoms with Crippen molar-refractivity contribution in [3.8, 4) is 11.4 Å². The van der Waals surface area contributed by atoms with Gasteiger partial charge in [-0.25, -0.2) is 0 Å². The molecule has 5 rings (SSSR count). The summed E-state index contributed by atoms with van der Waals surface area (Å²) >= 11 is 12.3. The summed E-state index contributed by atoms with van der Waals surface area (Å²) < 4.78 is 53.0. The summed E-state index contributed by atoms with van der Waals surface area (Å²) in [4.78, 5) is 6.44. The summed E-state index contributed by atoms with van der Waals surface area (Å²) in [5.74, 6) is 0.501. The molecule has 2 aromatic heterocycles. The number of halogens is 4. The van der Waals surface area contributed by atoms with Gasteiger partial charge in [-0.05, 0) is 72.9 Å². The van der Waals surface area contributed by atoms with E-state index in [9.17, 15) is 13.2 Å². The molecule has 0 aliphatic carbocycles. The van der Waals surface area contributed by atoms with Gasteiger partial charge >= 0.3 is 6.18 Å². The highest BCUT2D eigenvalue weighted by Crippen LogP contribution is 2.44. The SMILES string of the molecule is COCCOc1ccc(N2C(=S)N[C@H](c3ccccn3)[C@@H]2c2cccn2-c2cccc(C(F)(F)F)c2)cc1Cl. The van der Waals surface area contributed by atoms with Crippen LogP contribution in [0.25, 0.3) is 5.69 Å². The zero-order valence-corrected chi connectivity index (χ0v) is 22.3. The van der Waals surface area contributed by atoms with Crippen LogP contribution in [0.5, 0.6) is 5.75 Å². The lowest BCUT2D eigenvalue weighted by Gasteiger charge is -2.29. The number of aromatic nitrogens is 2. The van der Waals surface area contributed by atoms with Crippen LogP contribution in [-0.4, -0.2) is 35.0 Å². The summed E-state index contributed by atoms with van der Waals surface area (Å²) in [5.41, 5.74) is 1.79. The molecule has 2 aromatic carbocycles. The predicted octanol–water partition coefficient (Wildman–Crippen LogP) is 6.75. The van der Waals surface area contributed by atoms with Crippen molar-refractivity contribution in [3.05, 3.63) is 107 Å². The first-order valence-corrected chi connectivity index (χ1v) is 12.8. The Kier molecular flexibility index (Phi) is 7.79. The standard InChI is InChI=1S/C28H24ClF3N4O2S/c1-37-14-15-38-24-11-10-20(17-21(24)29)36-26(25(34-27(36)39)22-8-2-3-12-33-22)23-9-5-13-35(23)19-7-4-6-18(16-19)28(30,31)32/h2-13,16-17,25-26H,14-15H2,1H3,(H,34,39)/t25-,26+/m1/s1. The zero-order chi connectivity index (χ0) is 27.6. The maximum absolute atomic E-state index is 13.5. The van der Waals surface area contributed by atoms with E-state index in [2.05, 4.69) is 10.3 Å². The number of rotatable bonds is 8. The van der Waals surface area contributed by atoms with Crippen molar-refractivity contribution in [1.29, 1.82) is 0 Å². The Balaban J connectivity index is 1.59. The van der Waals surface area contributed by atoms with E-state index in [1.165, 1.54) is 6.07 Å².